The van der Waals surface area contributed by atoms with E-state index in [-0.39, 0.29) is 10.5 Å². The zero-order valence-electron chi connectivity index (χ0n) is 8.91. The quantitative estimate of drug-likeness (QED) is 0.666. The van der Waals surface area contributed by atoms with Crippen molar-refractivity contribution in [2.45, 2.75) is 11.3 Å². The van der Waals surface area contributed by atoms with Crippen LogP contribution >= 0.6 is 12.6 Å². The Morgan fingerprint density at radius 1 is 1.44 bits per heavy atom. The number of alkyl halides is 3. The number of rotatable bonds is 2. The van der Waals surface area contributed by atoms with Crippen molar-refractivity contribution < 1.29 is 27.4 Å². The number of thiol groups is 1. The molecule has 0 saturated carbocycles. The molecule has 0 aliphatic carbocycles. The minimum Gasteiger partial charge on any atom is -0.465 e. The highest BCUT2D eigenvalue weighted by molar-refractivity contribution is 7.80. The van der Waals surface area contributed by atoms with Crippen LogP contribution in [-0.4, -0.2) is 19.4 Å². The number of nitriles is 1. The third-order valence-corrected chi connectivity index (χ3v) is 2.15. The van der Waals surface area contributed by atoms with Gasteiger partial charge in [0.15, 0.2) is 5.75 Å². The third kappa shape index (κ3) is 3.30. The molecule has 0 saturated heterocycles. The first-order valence-electron chi connectivity index (χ1n) is 4.39. The molecule has 8 heteroatoms. The molecule has 0 aromatic heterocycles. The summed E-state index contributed by atoms with van der Waals surface area (Å²) in [4.78, 5) is 11.0. The standard InChI is InChI=1S/C10H6F3NO3S/c1-16-9(15)6-2-5(4-14)3-7(18)8(6)17-10(11,12)13/h2-3,18H,1H3. The summed E-state index contributed by atoms with van der Waals surface area (Å²) in [6.45, 7) is 0. The first kappa shape index (κ1) is 14.2. The highest BCUT2D eigenvalue weighted by Gasteiger charge is 2.34. The Morgan fingerprint density at radius 3 is 2.50 bits per heavy atom. The summed E-state index contributed by atoms with van der Waals surface area (Å²) in [7, 11) is 0.997. The van der Waals surface area contributed by atoms with Crippen molar-refractivity contribution in [3.05, 3.63) is 23.3 Å². The fraction of sp³-hybridized carbons (Fsp3) is 0.200. The smallest absolute Gasteiger partial charge is 0.465 e. The van der Waals surface area contributed by atoms with Crippen LogP contribution in [0.5, 0.6) is 5.75 Å². The summed E-state index contributed by atoms with van der Waals surface area (Å²) in [5, 5.41) is 8.67. The van der Waals surface area contributed by atoms with Crippen LogP contribution in [0.3, 0.4) is 0 Å². The average Bonchev–Trinajstić information content (AvgIpc) is 2.28. The molecule has 18 heavy (non-hydrogen) atoms. The average molecular weight is 277 g/mol. The first-order chi connectivity index (χ1) is 8.28. The molecule has 0 N–H and O–H groups in total. The molecule has 0 atom stereocenters. The van der Waals surface area contributed by atoms with Gasteiger partial charge in [0, 0.05) is 4.90 Å². The van der Waals surface area contributed by atoms with Gasteiger partial charge in [-0.1, -0.05) is 0 Å². The molecular formula is C10H6F3NO3S. The SMILES string of the molecule is COC(=O)c1cc(C#N)cc(S)c1OC(F)(F)F. The zero-order chi connectivity index (χ0) is 13.9. The lowest BCUT2D eigenvalue weighted by Gasteiger charge is -2.14. The van der Waals surface area contributed by atoms with Gasteiger partial charge < -0.3 is 9.47 Å². The normalized spacial score (nSPS) is 10.7. The van der Waals surface area contributed by atoms with Gasteiger partial charge in [-0.05, 0) is 12.1 Å². The summed E-state index contributed by atoms with van der Waals surface area (Å²) in [5.74, 6) is -1.85. The molecule has 0 amide bonds. The minimum atomic E-state index is -4.98. The first-order valence-corrected chi connectivity index (χ1v) is 4.84. The maximum atomic E-state index is 12.2. The molecule has 0 spiro atoms. The maximum Gasteiger partial charge on any atom is 0.573 e. The topological polar surface area (TPSA) is 59.3 Å². The lowest BCUT2D eigenvalue weighted by Crippen LogP contribution is -2.20. The van der Waals surface area contributed by atoms with Crippen LogP contribution in [0.1, 0.15) is 15.9 Å². The number of hydrogen-bond acceptors (Lipinski definition) is 5. The summed E-state index contributed by atoms with van der Waals surface area (Å²) in [6, 6.07) is 3.67. The van der Waals surface area contributed by atoms with E-state index in [1.807, 2.05) is 0 Å². The Hall–Kier alpha value is -1.88. The van der Waals surface area contributed by atoms with Crippen molar-refractivity contribution in [2.75, 3.05) is 7.11 Å². The van der Waals surface area contributed by atoms with E-state index in [9.17, 15) is 18.0 Å². The van der Waals surface area contributed by atoms with Gasteiger partial charge in [-0.3, -0.25) is 0 Å². The molecule has 1 rings (SSSR count). The van der Waals surface area contributed by atoms with Crippen LogP contribution in [0.2, 0.25) is 0 Å². The fourth-order valence-electron chi connectivity index (χ4n) is 1.16. The maximum absolute atomic E-state index is 12.2. The van der Waals surface area contributed by atoms with E-state index in [1.54, 1.807) is 6.07 Å². The highest BCUT2D eigenvalue weighted by Crippen LogP contribution is 2.34. The molecular weight excluding hydrogens is 271 g/mol. The van der Waals surface area contributed by atoms with Gasteiger partial charge in [0.05, 0.1) is 18.7 Å². The number of benzene rings is 1. The van der Waals surface area contributed by atoms with E-state index in [2.05, 4.69) is 22.1 Å². The molecule has 1 aromatic carbocycles. The van der Waals surface area contributed by atoms with Crippen molar-refractivity contribution in [2.24, 2.45) is 0 Å². The number of ether oxygens (including phenoxy) is 2. The molecule has 0 aliphatic rings. The van der Waals surface area contributed by atoms with Crippen molar-refractivity contribution >= 4 is 18.6 Å². The number of esters is 1. The molecule has 0 heterocycles. The number of carbonyl (C=O) groups excluding carboxylic acids is 1. The largest absolute Gasteiger partial charge is 0.573 e. The summed E-state index contributed by atoms with van der Waals surface area (Å²) in [6.07, 6.45) is -4.98. The minimum absolute atomic E-state index is 0.0325. The summed E-state index contributed by atoms with van der Waals surface area (Å²) >= 11 is 3.75. The zero-order valence-corrected chi connectivity index (χ0v) is 9.80. The van der Waals surface area contributed by atoms with Gasteiger partial charge in [-0.2, -0.15) is 5.26 Å². The molecule has 0 bridgehead atoms. The molecule has 0 aliphatic heterocycles. The van der Waals surface area contributed by atoms with E-state index in [1.165, 1.54) is 0 Å². The predicted octanol–water partition coefficient (Wildman–Crippen LogP) is 2.53. The van der Waals surface area contributed by atoms with Crippen LogP contribution in [0.25, 0.3) is 0 Å². The predicted molar refractivity (Wildman–Crippen MR) is 56.4 cm³/mol. The van der Waals surface area contributed by atoms with E-state index < -0.39 is 23.6 Å². The number of carbonyl (C=O) groups is 1. The summed E-state index contributed by atoms with van der Waals surface area (Å²) < 4.78 is 44.5. The number of halogens is 3. The van der Waals surface area contributed by atoms with Crippen molar-refractivity contribution in [1.82, 2.24) is 0 Å². The van der Waals surface area contributed by atoms with Gasteiger partial charge >= 0.3 is 12.3 Å². The number of hydrogen-bond donors (Lipinski definition) is 1. The van der Waals surface area contributed by atoms with Crippen LogP contribution in [-0.2, 0) is 4.74 Å². The van der Waals surface area contributed by atoms with Crippen molar-refractivity contribution in [3.8, 4) is 11.8 Å². The Bertz CT molecular complexity index is 522. The monoisotopic (exact) mass is 277 g/mol. The Morgan fingerprint density at radius 2 is 2.06 bits per heavy atom. The van der Waals surface area contributed by atoms with E-state index in [4.69, 9.17) is 5.26 Å². The Labute approximate surface area is 105 Å². The lowest BCUT2D eigenvalue weighted by atomic mass is 10.1. The second-order valence-corrected chi connectivity index (χ2v) is 3.51. The number of nitrogens with zero attached hydrogens (tertiary/aromatic N) is 1. The Kier molecular flexibility index (Phi) is 4.08. The van der Waals surface area contributed by atoms with Crippen molar-refractivity contribution in [3.63, 3.8) is 0 Å². The van der Waals surface area contributed by atoms with Crippen LogP contribution in [0.15, 0.2) is 17.0 Å². The van der Waals surface area contributed by atoms with E-state index >= 15 is 0 Å². The molecule has 1 aromatic rings. The lowest BCUT2D eigenvalue weighted by molar-refractivity contribution is -0.275. The van der Waals surface area contributed by atoms with Crippen LogP contribution in [0.4, 0.5) is 13.2 Å². The van der Waals surface area contributed by atoms with Gasteiger partial charge in [-0.25, -0.2) is 4.79 Å². The molecule has 0 fully saturated rings. The molecule has 4 nitrogen and oxygen atoms in total. The number of methoxy groups -OCH3 is 1. The van der Waals surface area contributed by atoms with Gasteiger partial charge in [0.1, 0.15) is 5.56 Å². The fourth-order valence-corrected chi connectivity index (χ4v) is 1.47. The second-order valence-electron chi connectivity index (χ2n) is 3.02. The summed E-state index contributed by atoms with van der Waals surface area (Å²) in [5.41, 5.74) is -0.547. The third-order valence-electron chi connectivity index (χ3n) is 1.82. The van der Waals surface area contributed by atoms with Gasteiger partial charge in [0.25, 0.3) is 0 Å². The van der Waals surface area contributed by atoms with E-state index in [0.717, 1.165) is 19.2 Å². The Balaban J connectivity index is 3.39. The highest BCUT2D eigenvalue weighted by atomic mass is 32.1. The van der Waals surface area contributed by atoms with Gasteiger partial charge in [0.2, 0.25) is 0 Å². The molecule has 96 valence electrons. The molecule has 0 unspecified atom stereocenters. The van der Waals surface area contributed by atoms with Crippen LogP contribution in [0, 0.1) is 11.3 Å². The van der Waals surface area contributed by atoms with E-state index in [0.29, 0.717) is 0 Å². The van der Waals surface area contributed by atoms with Crippen LogP contribution < -0.4 is 4.74 Å². The van der Waals surface area contributed by atoms with Gasteiger partial charge in [-0.15, -0.1) is 25.8 Å². The second kappa shape index (κ2) is 5.18. The molecule has 0 radical (unpaired) electrons. The van der Waals surface area contributed by atoms with Crippen molar-refractivity contribution in [1.29, 1.82) is 5.26 Å².